The second-order valence-electron chi connectivity index (χ2n) is 5.00. The predicted molar refractivity (Wildman–Crippen MR) is 65.1 cm³/mol. The zero-order valence-electron chi connectivity index (χ0n) is 10.2. The van der Waals surface area contributed by atoms with Gasteiger partial charge in [0, 0.05) is 18.7 Å². The van der Waals surface area contributed by atoms with Gasteiger partial charge in [-0.1, -0.05) is 25.1 Å². The summed E-state index contributed by atoms with van der Waals surface area (Å²) < 4.78 is 25.0. The molecular formula is C14H19F2N. The number of nitrogens with one attached hydrogen (secondary N) is 1. The van der Waals surface area contributed by atoms with Crippen LogP contribution in [0.3, 0.4) is 0 Å². The van der Waals surface area contributed by atoms with Crippen molar-refractivity contribution < 1.29 is 8.78 Å². The summed E-state index contributed by atoms with van der Waals surface area (Å²) in [5.41, 5.74) is 1.55. The molecule has 1 saturated carbocycles. The average Bonchev–Trinajstić information content (AvgIpc) is 3.10. The fraction of sp³-hybridized carbons (Fsp3) is 0.571. The van der Waals surface area contributed by atoms with Crippen molar-refractivity contribution in [2.75, 3.05) is 6.54 Å². The molecule has 1 aromatic carbocycles. The Balaban J connectivity index is 1.84. The highest BCUT2D eigenvalue weighted by Gasteiger charge is 2.39. The Kier molecular flexibility index (Phi) is 3.77. The van der Waals surface area contributed by atoms with Gasteiger partial charge in [0.15, 0.2) is 0 Å². The minimum atomic E-state index is -2.37. The number of alkyl halides is 2. The van der Waals surface area contributed by atoms with Gasteiger partial charge in [-0.3, -0.25) is 0 Å². The molecule has 1 aliphatic carbocycles. The Morgan fingerprint density at radius 1 is 1.35 bits per heavy atom. The molecule has 0 amide bonds. The summed E-state index contributed by atoms with van der Waals surface area (Å²) in [6.07, 6.45) is 1.43. The lowest BCUT2D eigenvalue weighted by Crippen LogP contribution is -2.23. The molecule has 0 aliphatic heterocycles. The molecule has 2 rings (SSSR count). The molecule has 1 nitrogen and oxygen atoms in total. The third-order valence-electron chi connectivity index (χ3n) is 3.74. The molecular weight excluding hydrogens is 220 g/mol. The van der Waals surface area contributed by atoms with E-state index in [-0.39, 0.29) is 5.56 Å². The molecule has 17 heavy (non-hydrogen) atoms. The van der Waals surface area contributed by atoms with E-state index in [2.05, 4.69) is 12.2 Å². The van der Waals surface area contributed by atoms with Crippen LogP contribution in [0.1, 0.15) is 43.7 Å². The summed E-state index contributed by atoms with van der Waals surface area (Å²) >= 11 is 0. The first-order chi connectivity index (χ1) is 8.15. The largest absolute Gasteiger partial charge is 0.312 e. The third-order valence-corrected chi connectivity index (χ3v) is 3.74. The Bertz CT molecular complexity index is 372. The molecule has 0 unspecified atom stereocenters. The summed E-state index contributed by atoms with van der Waals surface area (Å²) in [5, 5.41) is 3.38. The van der Waals surface area contributed by atoms with E-state index < -0.39 is 6.43 Å². The smallest absolute Gasteiger partial charge is 0.263 e. The summed E-state index contributed by atoms with van der Waals surface area (Å²) in [5.74, 6) is 0. The van der Waals surface area contributed by atoms with Crippen LogP contribution in [0.5, 0.6) is 0 Å². The number of rotatable bonds is 6. The molecule has 0 aromatic heterocycles. The normalized spacial score (nSPS) is 17.4. The van der Waals surface area contributed by atoms with Crippen LogP contribution in [-0.2, 0) is 6.54 Å². The number of halogens is 2. The van der Waals surface area contributed by atoms with Crippen molar-refractivity contribution in [2.24, 2.45) is 5.41 Å². The van der Waals surface area contributed by atoms with Crippen LogP contribution < -0.4 is 5.32 Å². The lowest BCUT2D eigenvalue weighted by atomic mass is 10.0. The van der Waals surface area contributed by atoms with E-state index in [0.29, 0.717) is 12.0 Å². The van der Waals surface area contributed by atoms with Crippen molar-refractivity contribution in [2.45, 2.75) is 39.2 Å². The Hall–Kier alpha value is -0.960. The van der Waals surface area contributed by atoms with Crippen LogP contribution in [0.25, 0.3) is 0 Å². The molecule has 1 fully saturated rings. The highest BCUT2D eigenvalue weighted by Crippen LogP contribution is 2.47. The van der Waals surface area contributed by atoms with Gasteiger partial charge < -0.3 is 5.32 Å². The number of hydrogen-bond acceptors (Lipinski definition) is 1. The quantitative estimate of drug-likeness (QED) is 0.793. The lowest BCUT2D eigenvalue weighted by molar-refractivity contribution is 0.151. The minimum Gasteiger partial charge on any atom is -0.312 e. The minimum absolute atomic E-state index is 0.112. The van der Waals surface area contributed by atoms with E-state index >= 15 is 0 Å². The van der Waals surface area contributed by atoms with E-state index in [1.165, 1.54) is 25.3 Å². The van der Waals surface area contributed by atoms with Gasteiger partial charge >= 0.3 is 0 Å². The van der Waals surface area contributed by atoms with E-state index in [1.807, 2.05) is 6.07 Å². The van der Waals surface area contributed by atoms with E-state index in [9.17, 15) is 8.78 Å². The van der Waals surface area contributed by atoms with Crippen molar-refractivity contribution >= 4 is 0 Å². The zero-order chi connectivity index (χ0) is 12.3. The first-order valence-corrected chi connectivity index (χ1v) is 6.23. The summed E-state index contributed by atoms with van der Waals surface area (Å²) in [6, 6.07) is 6.65. The zero-order valence-corrected chi connectivity index (χ0v) is 10.2. The molecule has 0 saturated heterocycles. The monoisotopic (exact) mass is 239 g/mol. The molecule has 0 heterocycles. The fourth-order valence-corrected chi connectivity index (χ4v) is 2.14. The predicted octanol–water partition coefficient (Wildman–Crippen LogP) is 3.90. The van der Waals surface area contributed by atoms with Crippen molar-refractivity contribution in [1.82, 2.24) is 5.32 Å². The van der Waals surface area contributed by atoms with Gasteiger partial charge in [-0.15, -0.1) is 0 Å². The van der Waals surface area contributed by atoms with Gasteiger partial charge in [0.05, 0.1) is 0 Å². The SMILES string of the molecule is CCC1(CNCc2cccc(C(F)F)c2)CC1. The first kappa shape index (κ1) is 12.5. The molecule has 1 N–H and O–H groups in total. The highest BCUT2D eigenvalue weighted by molar-refractivity contribution is 5.24. The van der Waals surface area contributed by atoms with Crippen molar-refractivity contribution in [3.8, 4) is 0 Å². The molecule has 94 valence electrons. The molecule has 0 spiro atoms. The standard InChI is InChI=1S/C14H19F2N/c1-2-14(6-7-14)10-17-9-11-4-3-5-12(8-11)13(15)16/h3-5,8,13,17H,2,6-7,9-10H2,1H3. The number of hydrogen-bond donors (Lipinski definition) is 1. The Morgan fingerprint density at radius 3 is 2.71 bits per heavy atom. The van der Waals surface area contributed by atoms with Gasteiger partial charge in [-0.25, -0.2) is 8.78 Å². The van der Waals surface area contributed by atoms with Crippen molar-refractivity contribution in [3.63, 3.8) is 0 Å². The number of benzene rings is 1. The topological polar surface area (TPSA) is 12.0 Å². The third kappa shape index (κ3) is 3.25. The highest BCUT2D eigenvalue weighted by atomic mass is 19.3. The van der Waals surface area contributed by atoms with Crippen LogP contribution in [-0.4, -0.2) is 6.54 Å². The lowest BCUT2D eigenvalue weighted by Gasteiger charge is -2.13. The maximum absolute atomic E-state index is 12.5. The molecule has 1 aromatic rings. The van der Waals surface area contributed by atoms with E-state index in [1.54, 1.807) is 12.1 Å². The van der Waals surface area contributed by atoms with Crippen molar-refractivity contribution in [3.05, 3.63) is 35.4 Å². The van der Waals surface area contributed by atoms with Crippen LogP contribution in [0.15, 0.2) is 24.3 Å². The van der Waals surface area contributed by atoms with E-state index in [4.69, 9.17) is 0 Å². The maximum Gasteiger partial charge on any atom is 0.263 e. The maximum atomic E-state index is 12.5. The summed E-state index contributed by atoms with van der Waals surface area (Å²) in [6.45, 7) is 3.90. The summed E-state index contributed by atoms with van der Waals surface area (Å²) in [7, 11) is 0. The van der Waals surface area contributed by atoms with Gasteiger partial charge in [0.2, 0.25) is 0 Å². The van der Waals surface area contributed by atoms with E-state index in [0.717, 1.165) is 12.1 Å². The molecule has 0 radical (unpaired) electrons. The van der Waals surface area contributed by atoms with Gasteiger partial charge in [0.1, 0.15) is 0 Å². The van der Waals surface area contributed by atoms with Gasteiger partial charge in [-0.05, 0) is 36.3 Å². The molecule has 0 bridgehead atoms. The molecule has 1 aliphatic rings. The summed E-state index contributed by atoms with van der Waals surface area (Å²) in [4.78, 5) is 0. The fourth-order valence-electron chi connectivity index (χ4n) is 2.14. The Labute approximate surface area is 101 Å². The molecule has 0 atom stereocenters. The second-order valence-corrected chi connectivity index (χ2v) is 5.00. The van der Waals surface area contributed by atoms with Crippen molar-refractivity contribution in [1.29, 1.82) is 0 Å². The van der Waals surface area contributed by atoms with Crippen LogP contribution in [0.2, 0.25) is 0 Å². The van der Waals surface area contributed by atoms with Gasteiger partial charge in [0.25, 0.3) is 6.43 Å². The second kappa shape index (κ2) is 5.13. The molecule has 3 heteroatoms. The average molecular weight is 239 g/mol. The first-order valence-electron chi connectivity index (χ1n) is 6.23. The Morgan fingerprint density at radius 2 is 2.12 bits per heavy atom. The van der Waals surface area contributed by atoms with Crippen LogP contribution in [0, 0.1) is 5.41 Å². The van der Waals surface area contributed by atoms with Gasteiger partial charge in [-0.2, -0.15) is 0 Å². The van der Waals surface area contributed by atoms with Crippen LogP contribution >= 0.6 is 0 Å². The van der Waals surface area contributed by atoms with Crippen LogP contribution in [0.4, 0.5) is 8.78 Å².